The lowest BCUT2D eigenvalue weighted by atomic mass is 9.83. The average Bonchev–Trinajstić information content (AvgIpc) is 2.23. The van der Waals surface area contributed by atoms with Gasteiger partial charge in [0.05, 0.1) is 6.61 Å². The van der Waals surface area contributed by atoms with E-state index in [0.29, 0.717) is 31.4 Å². The topological polar surface area (TPSA) is 75.1 Å². The minimum absolute atomic E-state index is 0.0648. The summed E-state index contributed by atoms with van der Waals surface area (Å²) in [7, 11) is 0. The molecule has 0 N–H and O–H groups in total. The Morgan fingerprint density at radius 2 is 2.06 bits per heavy atom. The monoisotopic (exact) mass is 227 g/mol. The summed E-state index contributed by atoms with van der Waals surface area (Å²) in [6, 6.07) is 0. The summed E-state index contributed by atoms with van der Waals surface area (Å²) >= 11 is 0. The Bertz CT molecular complexity index is 260. The van der Waals surface area contributed by atoms with Crippen LogP contribution in [0.5, 0.6) is 0 Å². The molecule has 0 bridgehead atoms. The second-order valence-electron chi connectivity index (χ2n) is 4.29. The highest BCUT2D eigenvalue weighted by molar-refractivity contribution is 5.69. The van der Waals surface area contributed by atoms with Crippen LogP contribution in [0.3, 0.4) is 0 Å². The van der Waals surface area contributed by atoms with Crippen molar-refractivity contribution in [3.63, 3.8) is 0 Å². The minimum Gasteiger partial charge on any atom is -0.466 e. The molecule has 0 amide bonds. The van der Waals surface area contributed by atoms with Crippen molar-refractivity contribution in [2.75, 3.05) is 13.2 Å². The zero-order valence-corrected chi connectivity index (χ0v) is 10.5. The molecule has 5 nitrogen and oxygen atoms in total. The van der Waals surface area contributed by atoms with Gasteiger partial charge in [-0.2, -0.15) is 0 Å². The van der Waals surface area contributed by atoms with Gasteiger partial charge in [0.1, 0.15) is 0 Å². The highest BCUT2D eigenvalue weighted by Gasteiger charge is 2.22. The van der Waals surface area contributed by atoms with Crippen LogP contribution in [0.15, 0.2) is 5.11 Å². The predicted molar refractivity (Wildman–Crippen MR) is 62.8 cm³/mol. The Balaban J connectivity index is 4.41. The van der Waals surface area contributed by atoms with Gasteiger partial charge < -0.3 is 4.74 Å². The Labute approximate surface area is 96.8 Å². The quantitative estimate of drug-likeness (QED) is 0.290. The van der Waals surface area contributed by atoms with Crippen LogP contribution in [0.2, 0.25) is 0 Å². The highest BCUT2D eigenvalue weighted by atomic mass is 16.5. The zero-order valence-electron chi connectivity index (χ0n) is 10.5. The maximum atomic E-state index is 11.4. The summed E-state index contributed by atoms with van der Waals surface area (Å²) in [4.78, 5) is 14.1. The molecule has 92 valence electrons. The molecule has 0 saturated carbocycles. The fourth-order valence-corrected chi connectivity index (χ4v) is 1.54. The number of esters is 1. The molecule has 0 rings (SSSR count). The summed E-state index contributed by atoms with van der Waals surface area (Å²) in [5.41, 5.74) is 8.32. The first kappa shape index (κ1) is 14.8. The van der Waals surface area contributed by atoms with Crippen LogP contribution >= 0.6 is 0 Å². The molecule has 0 spiro atoms. The average molecular weight is 227 g/mol. The SMILES string of the molecule is CCOC(=O)C[C@@H](CN=[N+]=[N-])[C@@H](C)C(C)C. The van der Waals surface area contributed by atoms with Gasteiger partial charge in [-0.3, -0.25) is 4.79 Å². The number of carbonyl (C=O) groups excluding carboxylic acids is 1. The summed E-state index contributed by atoms with van der Waals surface area (Å²) in [5.74, 6) is 0.631. The van der Waals surface area contributed by atoms with E-state index < -0.39 is 0 Å². The molecule has 0 aliphatic carbocycles. The lowest BCUT2D eigenvalue weighted by Crippen LogP contribution is -2.23. The maximum Gasteiger partial charge on any atom is 0.306 e. The Morgan fingerprint density at radius 1 is 1.44 bits per heavy atom. The fourth-order valence-electron chi connectivity index (χ4n) is 1.54. The number of rotatable bonds is 7. The summed E-state index contributed by atoms with van der Waals surface area (Å²) in [6.45, 7) is 8.79. The zero-order chi connectivity index (χ0) is 12.6. The van der Waals surface area contributed by atoms with Crippen molar-refractivity contribution in [2.45, 2.75) is 34.1 Å². The van der Waals surface area contributed by atoms with Crippen molar-refractivity contribution >= 4 is 5.97 Å². The van der Waals surface area contributed by atoms with Crippen molar-refractivity contribution in [3.05, 3.63) is 10.4 Å². The van der Waals surface area contributed by atoms with Crippen molar-refractivity contribution < 1.29 is 9.53 Å². The molecule has 0 aliphatic heterocycles. The lowest BCUT2D eigenvalue weighted by Gasteiger charge is -2.24. The summed E-state index contributed by atoms with van der Waals surface area (Å²) < 4.78 is 4.91. The van der Waals surface area contributed by atoms with Crippen LogP contribution in [0.1, 0.15) is 34.1 Å². The Hall–Kier alpha value is -1.22. The van der Waals surface area contributed by atoms with E-state index in [1.165, 1.54) is 0 Å². The van der Waals surface area contributed by atoms with Gasteiger partial charge in [-0.25, -0.2) is 0 Å². The molecular weight excluding hydrogens is 206 g/mol. The van der Waals surface area contributed by atoms with Crippen LogP contribution < -0.4 is 0 Å². The summed E-state index contributed by atoms with van der Waals surface area (Å²) in [5, 5.41) is 3.56. The predicted octanol–water partition coefficient (Wildman–Crippen LogP) is 3.16. The first-order chi connectivity index (χ1) is 7.52. The molecule has 0 aliphatic rings. The lowest BCUT2D eigenvalue weighted by molar-refractivity contribution is -0.144. The van der Waals surface area contributed by atoms with Crippen molar-refractivity contribution in [3.8, 4) is 0 Å². The van der Waals surface area contributed by atoms with Crippen LogP contribution in [0, 0.1) is 17.8 Å². The largest absolute Gasteiger partial charge is 0.466 e. The molecular formula is C11H21N3O2. The normalized spacial score (nSPS) is 14.1. The smallest absolute Gasteiger partial charge is 0.306 e. The highest BCUT2D eigenvalue weighted by Crippen LogP contribution is 2.24. The van der Waals surface area contributed by atoms with Crippen molar-refractivity contribution in [2.24, 2.45) is 22.9 Å². The summed E-state index contributed by atoms with van der Waals surface area (Å²) in [6.07, 6.45) is 0.326. The third-order valence-electron chi connectivity index (χ3n) is 2.91. The van der Waals surface area contributed by atoms with E-state index in [1.807, 2.05) is 0 Å². The molecule has 0 radical (unpaired) electrons. The van der Waals surface area contributed by atoms with Crippen LogP contribution in [0.25, 0.3) is 10.4 Å². The van der Waals surface area contributed by atoms with Gasteiger partial charge >= 0.3 is 5.97 Å². The van der Waals surface area contributed by atoms with E-state index in [-0.39, 0.29) is 11.9 Å². The standard InChI is InChI=1S/C11H21N3O2/c1-5-16-11(15)6-10(7-13-14-12)9(4)8(2)3/h8-10H,5-7H2,1-4H3/t9-,10-/m0/s1. The van der Waals surface area contributed by atoms with E-state index in [1.54, 1.807) is 6.92 Å². The van der Waals surface area contributed by atoms with E-state index in [0.717, 1.165) is 0 Å². The molecule has 2 atom stereocenters. The van der Waals surface area contributed by atoms with Crippen LogP contribution in [-0.2, 0) is 9.53 Å². The van der Waals surface area contributed by atoms with Gasteiger partial charge in [-0.15, -0.1) is 0 Å². The van der Waals surface area contributed by atoms with Crippen LogP contribution in [-0.4, -0.2) is 19.1 Å². The van der Waals surface area contributed by atoms with Gasteiger partial charge in [0.15, 0.2) is 0 Å². The molecule has 0 aromatic rings. The van der Waals surface area contributed by atoms with Crippen molar-refractivity contribution in [1.29, 1.82) is 0 Å². The van der Waals surface area contributed by atoms with Crippen LogP contribution in [0.4, 0.5) is 0 Å². The van der Waals surface area contributed by atoms with Gasteiger partial charge in [0, 0.05) is 17.9 Å². The molecule has 0 aromatic heterocycles. The molecule has 0 aromatic carbocycles. The fraction of sp³-hybridized carbons (Fsp3) is 0.909. The second kappa shape index (κ2) is 7.99. The van der Waals surface area contributed by atoms with Gasteiger partial charge in [0.2, 0.25) is 0 Å². The second-order valence-corrected chi connectivity index (χ2v) is 4.29. The minimum atomic E-state index is -0.215. The number of hydrogen-bond acceptors (Lipinski definition) is 3. The molecule has 0 saturated heterocycles. The number of nitrogens with zero attached hydrogens (tertiary/aromatic N) is 3. The first-order valence-corrected chi connectivity index (χ1v) is 5.69. The number of ether oxygens (including phenoxy) is 1. The molecule has 5 heteroatoms. The third kappa shape index (κ3) is 5.61. The van der Waals surface area contributed by atoms with E-state index in [4.69, 9.17) is 10.3 Å². The number of azide groups is 1. The van der Waals surface area contributed by atoms with E-state index in [2.05, 4.69) is 30.8 Å². The first-order valence-electron chi connectivity index (χ1n) is 5.69. The molecule has 0 fully saturated rings. The van der Waals surface area contributed by atoms with Gasteiger partial charge in [-0.05, 0) is 30.2 Å². The third-order valence-corrected chi connectivity index (χ3v) is 2.91. The maximum absolute atomic E-state index is 11.4. The van der Waals surface area contributed by atoms with Crippen molar-refractivity contribution in [1.82, 2.24) is 0 Å². The van der Waals surface area contributed by atoms with E-state index in [9.17, 15) is 4.79 Å². The van der Waals surface area contributed by atoms with Gasteiger partial charge in [0.25, 0.3) is 0 Å². The molecule has 0 unspecified atom stereocenters. The molecule has 0 heterocycles. The number of carbonyl (C=O) groups is 1. The van der Waals surface area contributed by atoms with Gasteiger partial charge in [-0.1, -0.05) is 25.9 Å². The molecule has 16 heavy (non-hydrogen) atoms. The van der Waals surface area contributed by atoms with E-state index >= 15 is 0 Å². The Morgan fingerprint density at radius 3 is 2.50 bits per heavy atom. The number of hydrogen-bond donors (Lipinski definition) is 0. The Kier molecular flexibility index (Phi) is 7.38.